The van der Waals surface area contributed by atoms with Gasteiger partial charge in [-0.3, -0.25) is 9.78 Å². The fraction of sp³-hybridized carbons (Fsp3) is 0.167. The SMILES string of the molecule is Cc1nn(Cc2ccc(F)cc2)c(Cl)c1C(=O)NCc1ccccn1. The summed E-state index contributed by atoms with van der Waals surface area (Å²) < 4.78 is 14.5. The van der Waals surface area contributed by atoms with Gasteiger partial charge in [-0.2, -0.15) is 5.10 Å². The van der Waals surface area contributed by atoms with Crippen molar-refractivity contribution in [1.29, 1.82) is 0 Å². The van der Waals surface area contributed by atoms with E-state index < -0.39 is 0 Å². The molecule has 0 atom stereocenters. The fourth-order valence-electron chi connectivity index (χ4n) is 2.44. The Bertz CT molecular complexity index is 878. The van der Waals surface area contributed by atoms with E-state index in [0.29, 0.717) is 24.3 Å². The number of nitrogens with one attached hydrogen (secondary N) is 1. The van der Waals surface area contributed by atoms with E-state index in [4.69, 9.17) is 11.6 Å². The second-order valence-electron chi connectivity index (χ2n) is 5.54. The van der Waals surface area contributed by atoms with E-state index in [1.807, 2.05) is 18.2 Å². The van der Waals surface area contributed by atoms with E-state index in [1.165, 1.54) is 16.8 Å². The van der Waals surface area contributed by atoms with Crippen LogP contribution in [-0.2, 0) is 13.1 Å². The summed E-state index contributed by atoms with van der Waals surface area (Å²) in [5, 5.41) is 7.36. The number of benzene rings is 1. The maximum absolute atomic E-state index is 13.0. The van der Waals surface area contributed by atoms with Gasteiger partial charge in [0.2, 0.25) is 0 Å². The number of amides is 1. The number of rotatable bonds is 5. The average molecular weight is 359 g/mol. The molecule has 25 heavy (non-hydrogen) atoms. The third kappa shape index (κ3) is 4.03. The van der Waals surface area contributed by atoms with Crippen LogP contribution in [-0.4, -0.2) is 20.7 Å². The van der Waals surface area contributed by atoms with E-state index in [9.17, 15) is 9.18 Å². The number of carbonyl (C=O) groups is 1. The lowest BCUT2D eigenvalue weighted by molar-refractivity contribution is 0.0950. The molecular weight excluding hydrogens is 343 g/mol. The molecule has 0 unspecified atom stereocenters. The van der Waals surface area contributed by atoms with Gasteiger partial charge >= 0.3 is 0 Å². The standard InChI is InChI=1S/C18H16ClFN4O/c1-12-16(18(25)22-10-15-4-2-3-9-21-15)17(19)24(23-12)11-13-5-7-14(20)8-6-13/h2-9H,10-11H2,1H3,(H,22,25). The molecule has 0 bridgehead atoms. The van der Waals surface area contributed by atoms with Crippen molar-refractivity contribution in [2.75, 3.05) is 0 Å². The molecule has 0 radical (unpaired) electrons. The molecule has 5 nitrogen and oxygen atoms in total. The van der Waals surface area contributed by atoms with Gasteiger partial charge in [0.1, 0.15) is 11.0 Å². The fourth-order valence-corrected chi connectivity index (χ4v) is 2.76. The molecule has 0 aliphatic heterocycles. The molecule has 0 saturated heterocycles. The Morgan fingerprint density at radius 3 is 2.68 bits per heavy atom. The molecule has 0 aliphatic rings. The molecule has 1 amide bonds. The lowest BCUT2D eigenvalue weighted by atomic mass is 10.2. The van der Waals surface area contributed by atoms with Crippen molar-refractivity contribution in [2.45, 2.75) is 20.0 Å². The summed E-state index contributed by atoms with van der Waals surface area (Å²) >= 11 is 6.34. The minimum absolute atomic E-state index is 0.250. The van der Waals surface area contributed by atoms with Gasteiger partial charge in [0.25, 0.3) is 5.91 Å². The van der Waals surface area contributed by atoms with Crippen LogP contribution in [0.2, 0.25) is 5.15 Å². The van der Waals surface area contributed by atoms with Crippen molar-refractivity contribution < 1.29 is 9.18 Å². The Hall–Kier alpha value is -2.73. The highest BCUT2D eigenvalue weighted by Gasteiger charge is 2.20. The largest absolute Gasteiger partial charge is 0.346 e. The van der Waals surface area contributed by atoms with Crippen LogP contribution >= 0.6 is 11.6 Å². The maximum Gasteiger partial charge on any atom is 0.256 e. The van der Waals surface area contributed by atoms with Crippen molar-refractivity contribution >= 4 is 17.5 Å². The van der Waals surface area contributed by atoms with Gasteiger partial charge in [0.15, 0.2) is 0 Å². The molecule has 0 aliphatic carbocycles. The molecule has 7 heteroatoms. The molecule has 3 rings (SSSR count). The third-order valence-corrected chi connectivity index (χ3v) is 4.08. The number of nitrogens with zero attached hydrogens (tertiary/aromatic N) is 3. The summed E-state index contributed by atoms with van der Waals surface area (Å²) in [5.74, 6) is -0.611. The normalized spacial score (nSPS) is 10.7. The highest BCUT2D eigenvalue weighted by molar-refractivity contribution is 6.33. The topological polar surface area (TPSA) is 59.8 Å². The minimum atomic E-state index is -0.307. The first-order valence-corrected chi connectivity index (χ1v) is 8.08. The van der Waals surface area contributed by atoms with Crippen LogP contribution in [0.15, 0.2) is 48.7 Å². The summed E-state index contributed by atoms with van der Waals surface area (Å²) in [4.78, 5) is 16.6. The molecule has 0 fully saturated rings. The van der Waals surface area contributed by atoms with Crippen molar-refractivity contribution in [3.05, 3.63) is 82.1 Å². The molecule has 2 aromatic heterocycles. The molecular formula is C18H16ClFN4O. The Morgan fingerprint density at radius 1 is 1.24 bits per heavy atom. The van der Waals surface area contributed by atoms with Crippen LogP contribution in [0.1, 0.15) is 27.3 Å². The molecule has 128 valence electrons. The Labute approximate surface area is 149 Å². The number of pyridine rings is 1. The number of aryl methyl sites for hydroxylation is 1. The van der Waals surface area contributed by atoms with Gasteiger partial charge in [-0.25, -0.2) is 9.07 Å². The second-order valence-corrected chi connectivity index (χ2v) is 5.90. The van der Waals surface area contributed by atoms with Gasteiger partial charge in [-0.15, -0.1) is 0 Å². The molecule has 0 saturated carbocycles. The van der Waals surface area contributed by atoms with Crippen molar-refractivity contribution in [3.8, 4) is 0 Å². The summed E-state index contributed by atoms with van der Waals surface area (Å²) in [6, 6.07) is 11.6. The summed E-state index contributed by atoms with van der Waals surface area (Å²) in [7, 11) is 0. The summed E-state index contributed by atoms with van der Waals surface area (Å²) in [6.07, 6.45) is 1.67. The summed E-state index contributed by atoms with van der Waals surface area (Å²) in [6.45, 7) is 2.38. The van der Waals surface area contributed by atoms with Crippen LogP contribution < -0.4 is 5.32 Å². The zero-order valence-corrected chi connectivity index (χ0v) is 14.3. The monoisotopic (exact) mass is 358 g/mol. The van der Waals surface area contributed by atoms with Crippen LogP contribution in [0, 0.1) is 12.7 Å². The summed E-state index contributed by atoms with van der Waals surface area (Å²) in [5.41, 5.74) is 2.46. The van der Waals surface area contributed by atoms with Crippen LogP contribution in [0.4, 0.5) is 4.39 Å². The van der Waals surface area contributed by atoms with E-state index >= 15 is 0 Å². The van der Waals surface area contributed by atoms with Gasteiger partial charge in [0.05, 0.1) is 30.0 Å². The first-order valence-electron chi connectivity index (χ1n) is 7.70. The first-order chi connectivity index (χ1) is 12.0. The first kappa shape index (κ1) is 17.1. The molecule has 0 spiro atoms. The van der Waals surface area contributed by atoms with Gasteiger partial charge in [-0.05, 0) is 36.8 Å². The minimum Gasteiger partial charge on any atom is -0.346 e. The number of halogens is 2. The third-order valence-electron chi connectivity index (χ3n) is 3.69. The van der Waals surface area contributed by atoms with E-state index in [1.54, 1.807) is 25.3 Å². The Morgan fingerprint density at radius 2 is 2.00 bits per heavy atom. The Balaban J connectivity index is 1.74. The van der Waals surface area contributed by atoms with Crippen LogP contribution in [0.3, 0.4) is 0 Å². The van der Waals surface area contributed by atoms with Gasteiger partial charge < -0.3 is 5.32 Å². The smallest absolute Gasteiger partial charge is 0.256 e. The molecule has 2 heterocycles. The quantitative estimate of drug-likeness (QED) is 0.760. The van der Waals surface area contributed by atoms with Crippen LogP contribution in [0.25, 0.3) is 0 Å². The zero-order valence-electron chi connectivity index (χ0n) is 13.5. The molecule has 1 N–H and O–H groups in total. The lowest BCUT2D eigenvalue weighted by Crippen LogP contribution is -2.24. The Kier molecular flexibility index (Phi) is 5.09. The van der Waals surface area contributed by atoms with E-state index in [0.717, 1.165) is 11.3 Å². The maximum atomic E-state index is 13.0. The van der Waals surface area contributed by atoms with Gasteiger partial charge in [0, 0.05) is 6.20 Å². The van der Waals surface area contributed by atoms with Crippen molar-refractivity contribution in [2.24, 2.45) is 0 Å². The molecule has 3 aromatic rings. The predicted octanol–water partition coefficient (Wildman–Crippen LogP) is 3.36. The predicted molar refractivity (Wildman–Crippen MR) is 92.9 cm³/mol. The number of hydrogen-bond acceptors (Lipinski definition) is 3. The highest BCUT2D eigenvalue weighted by atomic mass is 35.5. The van der Waals surface area contributed by atoms with Crippen molar-refractivity contribution in [1.82, 2.24) is 20.1 Å². The highest BCUT2D eigenvalue weighted by Crippen LogP contribution is 2.21. The number of hydrogen-bond donors (Lipinski definition) is 1. The second kappa shape index (κ2) is 7.44. The molecule has 1 aromatic carbocycles. The lowest BCUT2D eigenvalue weighted by Gasteiger charge is -2.06. The van der Waals surface area contributed by atoms with E-state index in [-0.39, 0.29) is 16.9 Å². The number of carbonyl (C=O) groups excluding carboxylic acids is 1. The van der Waals surface area contributed by atoms with Crippen molar-refractivity contribution in [3.63, 3.8) is 0 Å². The average Bonchev–Trinajstić information content (AvgIpc) is 2.89. The van der Waals surface area contributed by atoms with Gasteiger partial charge in [-0.1, -0.05) is 29.8 Å². The zero-order chi connectivity index (χ0) is 17.8. The number of aromatic nitrogens is 3. The van der Waals surface area contributed by atoms with Crippen LogP contribution in [0.5, 0.6) is 0 Å². The van der Waals surface area contributed by atoms with E-state index in [2.05, 4.69) is 15.4 Å².